The lowest BCUT2D eigenvalue weighted by Gasteiger charge is -2.42. The quantitative estimate of drug-likeness (QED) is 0.760. The van der Waals surface area contributed by atoms with Gasteiger partial charge in [-0.15, -0.1) is 0 Å². The Morgan fingerprint density at radius 1 is 0.846 bits per heavy atom. The van der Waals surface area contributed by atoms with Crippen LogP contribution in [-0.4, -0.2) is 24.3 Å². The summed E-state index contributed by atoms with van der Waals surface area (Å²) in [6.07, 6.45) is 6.16. The van der Waals surface area contributed by atoms with Crippen molar-refractivity contribution < 1.29 is 9.90 Å². The molecular weight excluding hydrogens is 336 g/mol. The van der Waals surface area contributed by atoms with Gasteiger partial charge in [-0.3, -0.25) is 0 Å². The van der Waals surface area contributed by atoms with Crippen molar-refractivity contribution in [1.29, 1.82) is 0 Å². The van der Waals surface area contributed by atoms with E-state index in [4.69, 9.17) is 0 Å². The van der Waals surface area contributed by atoms with E-state index >= 15 is 0 Å². The average Bonchev–Trinajstić information content (AvgIpc) is 2.68. The van der Waals surface area contributed by atoms with Gasteiger partial charge >= 0.3 is 0 Å². The van der Waals surface area contributed by atoms with Crippen molar-refractivity contribution in [3.05, 3.63) is 60.7 Å². The number of aliphatic hydroxyl groups is 1. The van der Waals surface area contributed by atoms with Crippen LogP contribution >= 0.6 is 0 Å². The van der Waals surface area contributed by atoms with E-state index < -0.39 is 8.32 Å². The first-order chi connectivity index (χ1) is 12.4. The molecule has 1 aliphatic rings. The molecule has 0 atom stereocenters. The molecule has 0 bridgehead atoms. The summed E-state index contributed by atoms with van der Waals surface area (Å²) < 4.78 is 0. The summed E-state index contributed by atoms with van der Waals surface area (Å²) in [5, 5.41) is 11.8. The molecule has 140 valence electrons. The van der Waals surface area contributed by atoms with Crippen LogP contribution < -0.4 is 10.4 Å². The van der Waals surface area contributed by atoms with Crippen molar-refractivity contribution >= 4 is 18.7 Å². The third-order valence-electron chi connectivity index (χ3n) is 6.36. The van der Waals surface area contributed by atoms with E-state index in [9.17, 15) is 9.90 Å². The summed E-state index contributed by atoms with van der Waals surface area (Å²) in [7, 11) is -2.88. The van der Waals surface area contributed by atoms with E-state index in [0.717, 1.165) is 48.9 Å². The predicted octanol–water partition coefficient (Wildman–Crippen LogP) is 3.85. The van der Waals surface area contributed by atoms with Crippen molar-refractivity contribution in [2.75, 3.05) is 0 Å². The highest BCUT2D eigenvalue weighted by Crippen LogP contribution is 2.42. The molecule has 0 saturated heterocycles. The molecular formula is C23H32O2Si. The SMILES string of the molecule is CC(C)(CCC1CCC(O)CC1)[Si](O)(c1ccccc1)c1ccccc1. The first-order valence-corrected chi connectivity index (χ1v) is 11.9. The van der Waals surface area contributed by atoms with Gasteiger partial charge in [0.15, 0.2) is 0 Å². The second kappa shape index (κ2) is 8.08. The molecule has 0 amide bonds. The minimum atomic E-state index is -2.88. The smallest absolute Gasteiger partial charge is 0.258 e. The molecule has 2 nitrogen and oxygen atoms in total. The maximum atomic E-state index is 12.2. The van der Waals surface area contributed by atoms with Crippen LogP contribution in [0.2, 0.25) is 5.04 Å². The molecule has 1 fully saturated rings. The van der Waals surface area contributed by atoms with Crippen molar-refractivity contribution in [1.82, 2.24) is 0 Å². The van der Waals surface area contributed by atoms with Crippen molar-refractivity contribution in [3.8, 4) is 0 Å². The highest BCUT2D eigenvalue weighted by molar-refractivity contribution is 6.98. The summed E-state index contributed by atoms with van der Waals surface area (Å²) >= 11 is 0. The number of benzene rings is 2. The van der Waals surface area contributed by atoms with Gasteiger partial charge in [0, 0.05) is 0 Å². The molecule has 0 spiro atoms. The maximum Gasteiger partial charge on any atom is 0.258 e. The number of hydrogen-bond acceptors (Lipinski definition) is 2. The van der Waals surface area contributed by atoms with E-state index in [1.165, 1.54) is 0 Å². The van der Waals surface area contributed by atoms with Crippen LogP contribution in [0.15, 0.2) is 60.7 Å². The topological polar surface area (TPSA) is 40.5 Å². The fourth-order valence-corrected chi connectivity index (χ4v) is 8.24. The minimum Gasteiger partial charge on any atom is -0.424 e. The predicted molar refractivity (Wildman–Crippen MR) is 111 cm³/mol. The molecule has 26 heavy (non-hydrogen) atoms. The van der Waals surface area contributed by atoms with Gasteiger partial charge in [0.05, 0.1) is 6.10 Å². The zero-order valence-electron chi connectivity index (χ0n) is 16.1. The number of hydrogen-bond donors (Lipinski definition) is 2. The van der Waals surface area contributed by atoms with Gasteiger partial charge in [0.2, 0.25) is 0 Å². The van der Waals surface area contributed by atoms with Crippen LogP contribution in [0.5, 0.6) is 0 Å². The third-order valence-corrected chi connectivity index (χ3v) is 10.9. The van der Waals surface area contributed by atoms with Crippen LogP contribution in [0.3, 0.4) is 0 Å². The Balaban J connectivity index is 1.86. The van der Waals surface area contributed by atoms with Crippen LogP contribution in [0.1, 0.15) is 52.4 Å². The zero-order chi connectivity index (χ0) is 18.6. The molecule has 3 rings (SSSR count). The Bertz CT molecular complexity index is 636. The van der Waals surface area contributed by atoms with E-state index in [0.29, 0.717) is 5.92 Å². The summed E-state index contributed by atoms with van der Waals surface area (Å²) in [6, 6.07) is 20.6. The minimum absolute atomic E-state index is 0.0980. The van der Waals surface area contributed by atoms with Crippen molar-refractivity contribution in [2.24, 2.45) is 5.92 Å². The van der Waals surface area contributed by atoms with Crippen LogP contribution in [0.4, 0.5) is 0 Å². The molecule has 1 aliphatic carbocycles. The third kappa shape index (κ3) is 3.95. The van der Waals surface area contributed by atoms with Gasteiger partial charge in [-0.2, -0.15) is 0 Å². The highest BCUT2D eigenvalue weighted by atomic mass is 28.4. The molecule has 0 aliphatic heterocycles. The Morgan fingerprint density at radius 2 is 1.31 bits per heavy atom. The Hall–Kier alpha value is -1.42. The highest BCUT2D eigenvalue weighted by Gasteiger charge is 2.49. The lowest BCUT2D eigenvalue weighted by atomic mass is 9.83. The van der Waals surface area contributed by atoms with E-state index in [1.807, 2.05) is 36.4 Å². The lowest BCUT2D eigenvalue weighted by Crippen LogP contribution is -2.65. The fraction of sp³-hybridized carbons (Fsp3) is 0.478. The lowest BCUT2D eigenvalue weighted by molar-refractivity contribution is 0.105. The van der Waals surface area contributed by atoms with E-state index in [-0.39, 0.29) is 11.1 Å². The Labute approximate surface area is 159 Å². The molecule has 1 saturated carbocycles. The standard InChI is InChI=1S/C23H32O2Si/c1-23(2,18-17-19-13-15-20(24)16-14-19)26(25,21-9-5-3-6-10-21)22-11-7-4-8-12-22/h3-12,19-20,24-25H,13-18H2,1-2H3. The summed E-state index contributed by atoms with van der Waals surface area (Å²) in [5.74, 6) is 0.683. The first-order valence-electron chi connectivity index (χ1n) is 9.95. The number of rotatable bonds is 6. The van der Waals surface area contributed by atoms with Crippen molar-refractivity contribution in [2.45, 2.75) is 63.5 Å². The normalized spacial score (nSPS) is 21.5. The van der Waals surface area contributed by atoms with Crippen LogP contribution in [-0.2, 0) is 0 Å². The summed E-state index contributed by atoms with van der Waals surface area (Å²) in [4.78, 5) is 12.2. The summed E-state index contributed by atoms with van der Waals surface area (Å²) in [5.41, 5.74) is 0. The fourth-order valence-electron chi connectivity index (χ4n) is 4.49. The van der Waals surface area contributed by atoms with E-state index in [2.05, 4.69) is 38.1 Å². The Morgan fingerprint density at radius 3 is 1.77 bits per heavy atom. The molecule has 2 aromatic rings. The average molecular weight is 369 g/mol. The van der Waals surface area contributed by atoms with Gasteiger partial charge in [-0.1, -0.05) is 80.9 Å². The van der Waals surface area contributed by atoms with E-state index in [1.54, 1.807) is 0 Å². The van der Waals surface area contributed by atoms with Crippen molar-refractivity contribution in [3.63, 3.8) is 0 Å². The molecule has 0 radical (unpaired) electrons. The van der Waals surface area contributed by atoms with Crippen LogP contribution in [0, 0.1) is 5.92 Å². The van der Waals surface area contributed by atoms with Gasteiger partial charge in [-0.05, 0) is 53.4 Å². The second-order valence-electron chi connectivity index (χ2n) is 8.54. The molecule has 0 heterocycles. The zero-order valence-corrected chi connectivity index (χ0v) is 17.1. The monoisotopic (exact) mass is 368 g/mol. The Kier molecular flexibility index (Phi) is 6.01. The molecule has 2 aromatic carbocycles. The molecule has 0 aromatic heterocycles. The van der Waals surface area contributed by atoms with Gasteiger partial charge in [-0.25, -0.2) is 0 Å². The molecule has 3 heteroatoms. The molecule has 2 N–H and O–H groups in total. The van der Waals surface area contributed by atoms with Gasteiger partial charge in [0.25, 0.3) is 8.32 Å². The first kappa shape index (κ1) is 19.3. The largest absolute Gasteiger partial charge is 0.424 e. The maximum absolute atomic E-state index is 12.2. The summed E-state index contributed by atoms with van der Waals surface area (Å²) in [6.45, 7) is 4.49. The number of aliphatic hydroxyl groups excluding tert-OH is 1. The van der Waals surface area contributed by atoms with Crippen LogP contribution in [0.25, 0.3) is 0 Å². The van der Waals surface area contributed by atoms with Gasteiger partial charge in [0.1, 0.15) is 0 Å². The second-order valence-corrected chi connectivity index (χ2v) is 12.5. The van der Waals surface area contributed by atoms with Gasteiger partial charge < -0.3 is 9.90 Å². The molecule has 0 unspecified atom stereocenters.